The fraction of sp³-hybridized carbons (Fsp3) is 0.469. The zero-order valence-electron chi connectivity index (χ0n) is 25.5. The summed E-state index contributed by atoms with van der Waals surface area (Å²) in [5.74, 6) is 0.492. The summed E-state index contributed by atoms with van der Waals surface area (Å²) in [6.07, 6.45) is 9.34. The highest BCUT2D eigenvalue weighted by Crippen LogP contribution is 2.40. The minimum Gasteiger partial charge on any atom is -0.493 e. The van der Waals surface area contributed by atoms with Crippen LogP contribution in [-0.4, -0.2) is 72.9 Å². The van der Waals surface area contributed by atoms with Crippen molar-refractivity contribution in [1.82, 2.24) is 29.3 Å². The van der Waals surface area contributed by atoms with Crippen LogP contribution in [-0.2, 0) is 13.0 Å². The average Bonchev–Trinajstić information content (AvgIpc) is 3.49. The summed E-state index contributed by atoms with van der Waals surface area (Å²) in [5.41, 5.74) is 6.00. The molecule has 1 saturated carbocycles. The van der Waals surface area contributed by atoms with E-state index in [4.69, 9.17) is 19.8 Å². The number of hydrogen-bond acceptors (Lipinski definition) is 9. The van der Waals surface area contributed by atoms with Gasteiger partial charge in [0.1, 0.15) is 5.82 Å². The lowest BCUT2D eigenvalue weighted by atomic mass is 9.71. The van der Waals surface area contributed by atoms with E-state index in [9.17, 15) is 9.50 Å². The first-order valence-electron chi connectivity index (χ1n) is 14.9. The number of rotatable bonds is 7. The minimum atomic E-state index is -0.827. The van der Waals surface area contributed by atoms with Crippen LogP contribution in [0.15, 0.2) is 41.8 Å². The molecule has 4 aromatic heterocycles. The third-order valence-electron chi connectivity index (χ3n) is 9.02. The standard InChI is InChI=1S/C32H37FN8O3/c1-20-25-9-10-39(29-8-6-23(36-19-34)14-32(29,2)3)11-12-40(25)38-30(20)21-13-26(31-27(43-4)16-37-41(31)17-21)44-28(18-42)24-7-5-22(33)15-35-24/h5,7,13,15-17,28-29,42H,6,8-12,14,18H2,1-4H3. The lowest BCUT2D eigenvalue weighted by Gasteiger charge is -2.45. The van der Waals surface area contributed by atoms with E-state index in [-0.39, 0.29) is 12.0 Å². The molecule has 230 valence electrons. The van der Waals surface area contributed by atoms with E-state index >= 15 is 0 Å². The Morgan fingerprint density at radius 3 is 2.75 bits per heavy atom. The molecular weight excluding hydrogens is 563 g/mol. The number of aromatic nitrogens is 5. The largest absolute Gasteiger partial charge is 0.493 e. The number of aliphatic hydroxyl groups is 1. The molecule has 0 saturated heterocycles. The Labute approximate surface area is 255 Å². The van der Waals surface area contributed by atoms with E-state index in [0.29, 0.717) is 28.8 Å². The summed E-state index contributed by atoms with van der Waals surface area (Å²) in [6, 6.07) is 5.09. The van der Waals surface area contributed by atoms with Gasteiger partial charge in [-0.1, -0.05) is 13.8 Å². The average molecular weight is 601 g/mol. The topological polar surface area (TPSA) is 126 Å². The summed E-state index contributed by atoms with van der Waals surface area (Å²) < 4.78 is 29.2. The lowest BCUT2D eigenvalue weighted by molar-refractivity contribution is 0.0775. The van der Waals surface area contributed by atoms with E-state index in [0.717, 1.165) is 74.0 Å². The molecule has 44 heavy (non-hydrogen) atoms. The maximum atomic E-state index is 13.5. The van der Waals surface area contributed by atoms with Crippen LogP contribution >= 0.6 is 0 Å². The molecule has 0 aromatic carbocycles. The molecule has 6 rings (SSSR count). The molecule has 1 fully saturated rings. The second-order valence-electron chi connectivity index (χ2n) is 12.2. The Bertz CT molecular complexity index is 1740. The molecule has 1 aliphatic carbocycles. The van der Waals surface area contributed by atoms with Crippen LogP contribution in [0.4, 0.5) is 4.39 Å². The van der Waals surface area contributed by atoms with E-state index in [1.807, 2.05) is 18.5 Å². The molecule has 0 spiro atoms. The molecule has 2 atom stereocenters. The number of aliphatic imine (C=N–C) groups is 1. The van der Waals surface area contributed by atoms with Gasteiger partial charge in [0.05, 0.1) is 44.0 Å². The fourth-order valence-corrected chi connectivity index (χ4v) is 6.88. The zero-order valence-corrected chi connectivity index (χ0v) is 25.5. The number of nitriles is 1. The number of aliphatic hydroxyl groups excluding tert-OH is 1. The maximum absolute atomic E-state index is 13.5. The molecule has 2 aliphatic rings. The first-order chi connectivity index (χ1) is 21.2. The molecule has 5 heterocycles. The highest BCUT2D eigenvalue weighted by molar-refractivity contribution is 5.86. The van der Waals surface area contributed by atoms with Crippen LogP contribution in [0.3, 0.4) is 0 Å². The third-order valence-corrected chi connectivity index (χ3v) is 9.02. The number of nitrogens with zero attached hydrogens (tertiary/aromatic N) is 8. The SMILES string of the molecule is COc1cnn2cc(-c3nn4c(c3C)CCN(C3CCC(=NC#N)CC3(C)C)CC4)cc(OC(CO)c3ccc(F)cn3)c12. The molecule has 4 aromatic rings. The molecule has 12 heteroatoms. The minimum absolute atomic E-state index is 0.0348. The van der Waals surface area contributed by atoms with Gasteiger partial charge in [0, 0.05) is 48.7 Å². The highest BCUT2D eigenvalue weighted by Gasteiger charge is 2.39. The van der Waals surface area contributed by atoms with Gasteiger partial charge in [-0.3, -0.25) is 14.6 Å². The van der Waals surface area contributed by atoms with Gasteiger partial charge in [0.15, 0.2) is 23.1 Å². The van der Waals surface area contributed by atoms with Gasteiger partial charge in [0.25, 0.3) is 0 Å². The van der Waals surface area contributed by atoms with Crippen molar-refractivity contribution in [1.29, 1.82) is 5.26 Å². The quantitative estimate of drug-likeness (QED) is 0.307. The van der Waals surface area contributed by atoms with Crippen LogP contribution in [0.2, 0.25) is 0 Å². The monoisotopic (exact) mass is 600 g/mol. The van der Waals surface area contributed by atoms with Crippen molar-refractivity contribution in [2.45, 2.75) is 65.1 Å². The molecule has 2 unspecified atom stereocenters. The predicted octanol–water partition coefficient (Wildman–Crippen LogP) is 4.52. The van der Waals surface area contributed by atoms with E-state index in [1.165, 1.54) is 17.8 Å². The second-order valence-corrected chi connectivity index (χ2v) is 12.2. The first kappa shape index (κ1) is 29.7. The Kier molecular flexibility index (Phi) is 8.09. The molecule has 0 radical (unpaired) electrons. The van der Waals surface area contributed by atoms with Crippen LogP contribution < -0.4 is 9.47 Å². The molecular formula is C32H37FN8O3. The Hall–Kier alpha value is -4.34. The Morgan fingerprint density at radius 1 is 1.20 bits per heavy atom. The number of pyridine rings is 2. The van der Waals surface area contributed by atoms with Crippen molar-refractivity contribution in [3.63, 3.8) is 0 Å². The Balaban J connectivity index is 1.29. The first-order valence-corrected chi connectivity index (χ1v) is 14.9. The summed E-state index contributed by atoms with van der Waals surface area (Å²) >= 11 is 0. The van der Waals surface area contributed by atoms with Crippen molar-refractivity contribution in [3.8, 4) is 28.9 Å². The van der Waals surface area contributed by atoms with Crippen molar-refractivity contribution in [2.75, 3.05) is 26.8 Å². The number of ether oxygens (including phenoxy) is 2. The van der Waals surface area contributed by atoms with Crippen LogP contribution in [0, 0.1) is 29.6 Å². The summed E-state index contributed by atoms with van der Waals surface area (Å²) in [6.45, 7) is 8.90. The van der Waals surface area contributed by atoms with Gasteiger partial charge < -0.3 is 14.6 Å². The zero-order chi connectivity index (χ0) is 31.0. The van der Waals surface area contributed by atoms with Crippen LogP contribution in [0.5, 0.6) is 11.5 Å². The predicted molar refractivity (Wildman–Crippen MR) is 162 cm³/mol. The fourth-order valence-electron chi connectivity index (χ4n) is 6.88. The van der Waals surface area contributed by atoms with E-state index in [1.54, 1.807) is 17.8 Å². The van der Waals surface area contributed by atoms with Gasteiger partial charge in [-0.2, -0.15) is 20.5 Å². The van der Waals surface area contributed by atoms with Gasteiger partial charge in [0.2, 0.25) is 6.19 Å². The van der Waals surface area contributed by atoms with Gasteiger partial charge in [-0.25, -0.2) is 8.91 Å². The highest BCUT2D eigenvalue weighted by atomic mass is 19.1. The molecule has 0 bridgehead atoms. The number of hydrogen-bond donors (Lipinski definition) is 1. The number of halogens is 1. The van der Waals surface area contributed by atoms with Crippen molar-refractivity contribution < 1.29 is 19.0 Å². The smallest absolute Gasteiger partial charge is 0.205 e. The molecule has 0 amide bonds. The van der Waals surface area contributed by atoms with Gasteiger partial charge in [-0.15, -0.1) is 0 Å². The van der Waals surface area contributed by atoms with E-state index < -0.39 is 11.9 Å². The molecule has 1 aliphatic heterocycles. The van der Waals surface area contributed by atoms with Crippen molar-refractivity contribution in [3.05, 3.63) is 59.6 Å². The summed E-state index contributed by atoms with van der Waals surface area (Å²) in [7, 11) is 1.56. The normalized spacial score (nSPS) is 20.2. The lowest BCUT2D eigenvalue weighted by Crippen LogP contribution is -2.50. The van der Waals surface area contributed by atoms with Crippen LogP contribution in [0.25, 0.3) is 16.8 Å². The molecule has 11 nitrogen and oxygen atoms in total. The van der Waals surface area contributed by atoms with Crippen molar-refractivity contribution in [2.24, 2.45) is 10.4 Å². The Morgan fingerprint density at radius 2 is 2.05 bits per heavy atom. The van der Waals surface area contributed by atoms with Crippen LogP contribution in [0.1, 0.15) is 56.2 Å². The number of fused-ring (bicyclic) bond motifs is 2. The van der Waals surface area contributed by atoms with Crippen molar-refractivity contribution >= 4 is 11.2 Å². The second kappa shape index (κ2) is 12.0. The third kappa shape index (κ3) is 5.53. The van der Waals surface area contributed by atoms with E-state index in [2.05, 4.69) is 45.4 Å². The number of methoxy groups -OCH3 is 1. The van der Waals surface area contributed by atoms with Gasteiger partial charge >= 0.3 is 0 Å². The molecule has 1 N–H and O–H groups in total. The van der Waals surface area contributed by atoms with Gasteiger partial charge in [-0.05, 0) is 55.4 Å². The maximum Gasteiger partial charge on any atom is 0.205 e. The summed E-state index contributed by atoms with van der Waals surface area (Å²) in [5, 5.41) is 28.8. The summed E-state index contributed by atoms with van der Waals surface area (Å²) in [4.78, 5) is 10.8.